The molecule has 0 unspecified atom stereocenters. The minimum atomic E-state index is -4.39. The fourth-order valence-corrected chi connectivity index (χ4v) is 1.62. The molecule has 1 rings (SSSR count). The third kappa shape index (κ3) is 4.22. The molecule has 0 radical (unpaired) electrons. The number of halogens is 3. The van der Waals surface area contributed by atoms with E-state index in [4.69, 9.17) is 10.9 Å². The lowest BCUT2D eigenvalue weighted by molar-refractivity contribution is -0.143. The number of carboxylic acids is 1. The van der Waals surface area contributed by atoms with E-state index in [1.54, 1.807) is 6.92 Å². The molecule has 0 saturated carbocycles. The fourth-order valence-electron chi connectivity index (χ4n) is 1.62. The molecule has 4 nitrogen and oxygen atoms in total. The number of hydrogen-bond donors (Lipinski definition) is 2. The zero-order valence-corrected chi connectivity index (χ0v) is 10.3. The predicted molar refractivity (Wildman–Crippen MR) is 63.1 cm³/mol. The van der Waals surface area contributed by atoms with Crippen LogP contribution in [0.25, 0.3) is 0 Å². The van der Waals surface area contributed by atoms with E-state index in [1.165, 1.54) is 12.1 Å². The van der Waals surface area contributed by atoms with Gasteiger partial charge in [0, 0.05) is 6.54 Å². The molecule has 0 heterocycles. The van der Waals surface area contributed by atoms with E-state index in [1.807, 2.05) is 0 Å². The summed E-state index contributed by atoms with van der Waals surface area (Å²) in [5, 5.41) is 10.2. The maximum Gasteiger partial charge on any atom is 0.416 e. The van der Waals surface area contributed by atoms with Crippen LogP contribution in [0.1, 0.15) is 18.1 Å². The van der Waals surface area contributed by atoms with Crippen LogP contribution in [0, 0.1) is 0 Å². The van der Waals surface area contributed by atoms with Crippen LogP contribution in [0.3, 0.4) is 0 Å². The number of hydrogen-bond acceptors (Lipinski definition) is 3. The summed E-state index contributed by atoms with van der Waals surface area (Å²) < 4.78 is 37.1. The lowest BCUT2D eigenvalue weighted by atomic mass is 10.0. The van der Waals surface area contributed by atoms with Crippen LogP contribution in [-0.4, -0.2) is 28.7 Å². The van der Waals surface area contributed by atoms with E-state index >= 15 is 0 Å². The Balaban J connectivity index is 2.84. The van der Waals surface area contributed by atoms with Crippen molar-refractivity contribution in [3.05, 3.63) is 35.4 Å². The van der Waals surface area contributed by atoms with Crippen LogP contribution in [0.5, 0.6) is 0 Å². The summed E-state index contributed by atoms with van der Waals surface area (Å²) in [5.74, 6) is 4.43. The van der Waals surface area contributed by atoms with Gasteiger partial charge in [-0.05, 0) is 24.1 Å². The zero-order valence-electron chi connectivity index (χ0n) is 10.3. The van der Waals surface area contributed by atoms with Crippen LogP contribution >= 0.6 is 0 Å². The van der Waals surface area contributed by atoms with Crippen LogP contribution in [0.2, 0.25) is 0 Å². The van der Waals surface area contributed by atoms with Gasteiger partial charge < -0.3 is 5.11 Å². The molecular weight excluding hydrogens is 261 g/mol. The Labute approximate surface area is 108 Å². The third-order valence-corrected chi connectivity index (χ3v) is 2.76. The number of rotatable bonds is 5. The number of hydrazine groups is 1. The van der Waals surface area contributed by atoms with E-state index in [-0.39, 0.29) is 6.42 Å². The van der Waals surface area contributed by atoms with Crippen molar-refractivity contribution in [3.63, 3.8) is 0 Å². The first-order chi connectivity index (χ1) is 8.75. The highest BCUT2D eigenvalue weighted by Gasteiger charge is 2.30. The second-order valence-electron chi connectivity index (χ2n) is 4.08. The minimum Gasteiger partial charge on any atom is -0.480 e. The molecule has 3 N–H and O–H groups in total. The number of benzene rings is 1. The van der Waals surface area contributed by atoms with Crippen molar-refractivity contribution >= 4 is 5.97 Å². The summed E-state index contributed by atoms with van der Waals surface area (Å²) in [6.07, 6.45) is -4.34. The van der Waals surface area contributed by atoms with Gasteiger partial charge in [-0.1, -0.05) is 19.1 Å². The highest BCUT2D eigenvalue weighted by Crippen LogP contribution is 2.29. The van der Waals surface area contributed by atoms with E-state index in [9.17, 15) is 18.0 Å². The number of nitrogens with two attached hydrogens (primary N) is 1. The maximum atomic E-state index is 12.4. The van der Waals surface area contributed by atoms with Gasteiger partial charge >= 0.3 is 12.1 Å². The molecule has 0 fully saturated rings. The predicted octanol–water partition coefficient (Wildman–Crippen LogP) is 1.90. The van der Waals surface area contributed by atoms with Gasteiger partial charge in [-0.3, -0.25) is 10.6 Å². The third-order valence-electron chi connectivity index (χ3n) is 2.76. The smallest absolute Gasteiger partial charge is 0.416 e. The van der Waals surface area contributed by atoms with Crippen molar-refractivity contribution in [2.75, 3.05) is 6.54 Å². The monoisotopic (exact) mass is 276 g/mol. The number of carbonyl (C=O) groups is 1. The topological polar surface area (TPSA) is 66.6 Å². The van der Waals surface area contributed by atoms with Crippen molar-refractivity contribution in [1.82, 2.24) is 5.01 Å². The van der Waals surface area contributed by atoms with E-state index in [2.05, 4.69) is 0 Å². The first-order valence-electron chi connectivity index (χ1n) is 5.66. The van der Waals surface area contributed by atoms with Crippen molar-refractivity contribution < 1.29 is 23.1 Å². The standard InChI is InChI=1S/C12H15F3N2O2/c1-2-17(16)10(11(18)19)7-8-3-5-9(6-4-8)12(13,14)15/h3-6,10H,2,7,16H2,1H3,(H,18,19)/t10-/m0/s1. The largest absolute Gasteiger partial charge is 0.480 e. The number of alkyl halides is 3. The molecular formula is C12H15F3N2O2. The summed E-state index contributed by atoms with van der Waals surface area (Å²) in [6.45, 7) is 2.03. The first kappa shape index (κ1) is 15.5. The summed E-state index contributed by atoms with van der Waals surface area (Å²) in [5.41, 5.74) is -0.271. The van der Waals surface area contributed by atoms with Crippen molar-refractivity contribution in [1.29, 1.82) is 0 Å². The Morgan fingerprint density at radius 3 is 2.26 bits per heavy atom. The maximum absolute atomic E-state index is 12.4. The number of nitrogens with zero attached hydrogens (tertiary/aromatic N) is 1. The lowest BCUT2D eigenvalue weighted by Crippen LogP contribution is -2.47. The second-order valence-corrected chi connectivity index (χ2v) is 4.08. The van der Waals surface area contributed by atoms with Crippen LogP contribution in [0.15, 0.2) is 24.3 Å². The summed E-state index contributed by atoms with van der Waals surface area (Å²) in [4.78, 5) is 11.0. The van der Waals surface area contributed by atoms with Gasteiger partial charge in [0.15, 0.2) is 0 Å². The van der Waals surface area contributed by atoms with Crippen molar-refractivity contribution in [2.24, 2.45) is 5.84 Å². The quantitative estimate of drug-likeness (QED) is 0.636. The molecule has 0 aliphatic heterocycles. The van der Waals surface area contributed by atoms with E-state index < -0.39 is 23.8 Å². The number of likely N-dealkylation sites (N-methyl/N-ethyl adjacent to an activating group) is 1. The van der Waals surface area contributed by atoms with E-state index in [0.717, 1.165) is 17.1 Å². The Kier molecular flexibility index (Phi) is 4.90. The van der Waals surface area contributed by atoms with Gasteiger partial charge in [0.25, 0.3) is 0 Å². The molecule has 19 heavy (non-hydrogen) atoms. The minimum absolute atomic E-state index is 0.0534. The van der Waals surface area contributed by atoms with Gasteiger partial charge in [0.05, 0.1) is 5.56 Å². The summed E-state index contributed by atoms with van der Waals surface area (Å²) in [6, 6.07) is 3.44. The number of carboxylic acid groups (broad SMARTS) is 1. The molecule has 1 aromatic carbocycles. The normalized spacial score (nSPS) is 13.6. The molecule has 0 amide bonds. The SMILES string of the molecule is CCN(N)[C@@H](Cc1ccc(C(F)(F)F)cc1)C(=O)O. The van der Waals surface area contributed by atoms with Crippen molar-refractivity contribution in [3.8, 4) is 0 Å². The van der Waals surface area contributed by atoms with Gasteiger partial charge in [0.1, 0.15) is 6.04 Å². The summed E-state index contributed by atoms with van der Waals surface area (Å²) in [7, 11) is 0. The molecule has 0 aliphatic carbocycles. The molecule has 0 aliphatic rings. The highest BCUT2D eigenvalue weighted by molar-refractivity contribution is 5.73. The molecule has 1 atom stereocenters. The lowest BCUT2D eigenvalue weighted by Gasteiger charge is -2.22. The van der Waals surface area contributed by atoms with Gasteiger partial charge in [-0.25, -0.2) is 5.01 Å². The average Bonchev–Trinajstić information content (AvgIpc) is 2.34. The Morgan fingerprint density at radius 2 is 1.89 bits per heavy atom. The van der Waals surface area contributed by atoms with Crippen LogP contribution < -0.4 is 5.84 Å². The molecule has 0 bridgehead atoms. The highest BCUT2D eigenvalue weighted by atomic mass is 19.4. The van der Waals surface area contributed by atoms with Gasteiger partial charge in [-0.15, -0.1) is 0 Å². The molecule has 0 saturated heterocycles. The number of aliphatic carboxylic acids is 1. The second kappa shape index (κ2) is 6.03. The first-order valence-corrected chi connectivity index (χ1v) is 5.66. The van der Waals surface area contributed by atoms with Crippen LogP contribution in [-0.2, 0) is 17.4 Å². The average molecular weight is 276 g/mol. The molecule has 1 aromatic rings. The van der Waals surface area contributed by atoms with E-state index in [0.29, 0.717) is 12.1 Å². The molecule has 0 spiro atoms. The Bertz CT molecular complexity index is 432. The Hall–Kier alpha value is -1.60. The Morgan fingerprint density at radius 1 is 1.37 bits per heavy atom. The fraction of sp³-hybridized carbons (Fsp3) is 0.417. The van der Waals surface area contributed by atoms with Crippen LogP contribution in [0.4, 0.5) is 13.2 Å². The molecule has 0 aromatic heterocycles. The summed E-state index contributed by atoms with van der Waals surface area (Å²) >= 11 is 0. The van der Waals surface area contributed by atoms with Gasteiger partial charge in [-0.2, -0.15) is 13.2 Å². The van der Waals surface area contributed by atoms with Gasteiger partial charge in [0.2, 0.25) is 0 Å². The molecule has 7 heteroatoms. The van der Waals surface area contributed by atoms with Crippen molar-refractivity contribution in [2.45, 2.75) is 25.6 Å². The zero-order chi connectivity index (χ0) is 14.6. The molecule has 106 valence electrons.